The van der Waals surface area contributed by atoms with Crippen molar-refractivity contribution in [3.05, 3.63) is 21.9 Å². The first kappa shape index (κ1) is 11.5. The topological polar surface area (TPSA) is 81.4 Å². The fraction of sp³-hybridized carbons (Fsp3) is 0.333. The van der Waals surface area contributed by atoms with Gasteiger partial charge in [-0.25, -0.2) is 4.79 Å². The standard InChI is InChI=1S/C9H12N2O3S/c1-6-2-3-7(15-6)8(12)11-4-5-14-9(10)13/h2-3H,4-5H2,1H3,(H2,10,13)(H,11,12). The summed E-state index contributed by atoms with van der Waals surface area (Å²) in [5, 5.41) is 2.61. The van der Waals surface area contributed by atoms with Gasteiger partial charge in [0.2, 0.25) is 0 Å². The Kier molecular flexibility index (Phi) is 4.11. The van der Waals surface area contributed by atoms with Gasteiger partial charge in [-0.2, -0.15) is 0 Å². The molecule has 0 radical (unpaired) electrons. The molecule has 15 heavy (non-hydrogen) atoms. The van der Waals surface area contributed by atoms with Crippen LogP contribution >= 0.6 is 11.3 Å². The van der Waals surface area contributed by atoms with Gasteiger partial charge in [-0.3, -0.25) is 4.79 Å². The molecule has 1 rings (SSSR count). The van der Waals surface area contributed by atoms with E-state index in [1.807, 2.05) is 13.0 Å². The molecule has 1 aromatic rings. The van der Waals surface area contributed by atoms with Gasteiger partial charge in [-0.05, 0) is 19.1 Å². The Morgan fingerprint density at radius 2 is 2.27 bits per heavy atom. The van der Waals surface area contributed by atoms with Crippen LogP contribution in [0.1, 0.15) is 14.5 Å². The molecule has 0 aliphatic rings. The highest BCUT2D eigenvalue weighted by molar-refractivity contribution is 7.13. The van der Waals surface area contributed by atoms with E-state index >= 15 is 0 Å². The van der Waals surface area contributed by atoms with Crippen LogP contribution in [0.15, 0.2) is 12.1 Å². The first-order valence-electron chi connectivity index (χ1n) is 4.36. The molecule has 5 nitrogen and oxygen atoms in total. The molecule has 0 fully saturated rings. The van der Waals surface area contributed by atoms with Crippen LogP contribution in [0.2, 0.25) is 0 Å². The number of aryl methyl sites for hydroxylation is 1. The minimum atomic E-state index is -0.837. The summed E-state index contributed by atoms with van der Waals surface area (Å²) in [6, 6.07) is 3.63. The minimum Gasteiger partial charge on any atom is -0.448 e. The van der Waals surface area contributed by atoms with E-state index in [1.165, 1.54) is 11.3 Å². The molecule has 0 aliphatic heterocycles. The molecule has 0 saturated heterocycles. The van der Waals surface area contributed by atoms with Gasteiger partial charge in [0.1, 0.15) is 6.61 Å². The van der Waals surface area contributed by atoms with Gasteiger partial charge < -0.3 is 15.8 Å². The van der Waals surface area contributed by atoms with Crippen molar-refractivity contribution >= 4 is 23.3 Å². The van der Waals surface area contributed by atoms with Crippen LogP contribution in [0, 0.1) is 6.92 Å². The molecule has 0 aliphatic carbocycles. The van der Waals surface area contributed by atoms with E-state index in [4.69, 9.17) is 5.73 Å². The summed E-state index contributed by atoms with van der Waals surface area (Å²) < 4.78 is 4.46. The van der Waals surface area contributed by atoms with Crippen molar-refractivity contribution < 1.29 is 14.3 Å². The molecule has 3 N–H and O–H groups in total. The molecule has 0 unspecified atom stereocenters. The van der Waals surface area contributed by atoms with Crippen LogP contribution < -0.4 is 11.1 Å². The number of ether oxygens (including phenoxy) is 1. The summed E-state index contributed by atoms with van der Waals surface area (Å²) >= 11 is 1.42. The maximum absolute atomic E-state index is 11.4. The Morgan fingerprint density at radius 1 is 1.53 bits per heavy atom. The number of carbonyl (C=O) groups is 2. The SMILES string of the molecule is Cc1ccc(C(=O)NCCOC(N)=O)s1. The molecule has 6 heteroatoms. The van der Waals surface area contributed by atoms with Gasteiger partial charge in [0, 0.05) is 4.88 Å². The first-order valence-corrected chi connectivity index (χ1v) is 5.18. The molecule has 0 saturated carbocycles. The lowest BCUT2D eigenvalue weighted by Crippen LogP contribution is -2.28. The smallest absolute Gasteiger partial charge is 0.404 e. The predicted molar refractivity (Wildman–Crippen MR) is 56.9 cm³/mol. The van der Waals surface area contributed by atoms with E-state index in [1.54, 1.807) is 6.07 Å². The third kappa shape index (κ3) is 3.99. The van der Waals surface area contributed by atoms with Crippen molar-refractivity contribution in [3.8, 4) is 0 Å². The Hall–Kier alpha value is -1.56. The highest BCUT2D eigenvalue weighted by atomic mass is 32.1. The van der Waals surface area contributed by atoms with Gasteiger partial charge in [-0.15, -0.1) is 11.3 Å². The van der Waals surface area contributed by atoms with Gasteiger partial charge in [0.15, 0.2) is 0 Å². The van der Waals surface area contributed by atoms with Crippen molar-refractivity contribution in [2.24, 2.45) is 5.73 Å². The number of primary amides is 1. The Labute approximate surface area is 91.2 Å². The second-order valence-corrected chi connectivity index (χ2v) is 4.12. The molecular formula is C9H12N2O3S. The lowest BCUT2D eigenvalue weighted by molar-refractivity contribution is 0.0941. The first-order chi connectivity index (χ1) is 7.09. The number of hydrogen-bond acceptors (Lipinski definition) is 4. The van der Waals surface area contributed by atoms with Crippen LogP contribution in [-0.4, -0.2) is 25.2 Å². The van der Waals surface area contributed by atoms with E-state index in [9.17, 15) is 9.59 Å². The van der Waals surface area contributed by atoms with Gasteiger partial charge in [0.25, 0.3) is 5.91 Å². The molecule has 0 atom stereocenters. The Balaban J connectivity index is 2.28. The third-order valence-electron chi connectivity index (χ3n) is 1.60. The van der Waals surface area contributed by atoms with Crippen LogP contribution in [-0.2, 0) is 4.74 Å². The lowest BCUT2D eigenvalue weighted by atomic mass is 10.4. The molecular weight excluding hydrogens is 216 g/mol. The van der Waals surface area contributed by atoms with E-state index in [0.717, 1.165) is 4.88 Å². The van der Waals surface area contributed by atoms with Crippen molar-refractivity contribution in [1.82, 2.24) is 5.32 Å². The van der Waals surface area contributed by atoms with E-state index in [0.29, 0.717) is 4.88 Å². The maximum atomic E-state index is 11.4. The van der Waals surface area contributed by atoms with Crippen LogP contribution in [0.3, 0.4) is 0 Å². The number of nitrogens with one attached hydrogen (secondary N) is 1. The highest BCUT2D eigenvalue weighted by Gasteiger charge is 2.06. The number of thiophene rings is 1. The summed E-state index contributed by atoms with van der Waals surface area (Å²) in [5.41, 5.74) is 4.75. The summed E-state index contributed by atoms with van der Waals surface area (Å²) in [6.45, 7) is 2.28. The zero-order valence-corrected chi connectivity index (χ0v) is 9.10. The molecule has 0 bridgehead atoms. The number of amides is 2. The zero-order valence-electron chi connectivity index (χ0n) is 8.28. The Morgan fingerprint density at radius 3 is 2.80 bits per heavy atom. The second-order valence-electron chi connectivity index (χ2n) is 2.83. The zero-order chi connectivity index (χ0) is 11.3. The second kappa shape index (κ2) is 5.35. The predicted octanol–water partition coefficient (Wildman–Crippen LogP) is 0.882. The molecule has 0 aromatic carbocycles. The largest absolute Gasteiger partial charge is 0.448 e. The number of rotatable bonds is 4. The molecule has 0 spiro atoms. The normalized spacial score (nSPS) is 9.67. The summed E-state index contributed by atoms with van der Waals surface area (Å²) in [7, 11) is 0. The summed E-state index contributed by atoms with van der Waals surface area (Å²) in [5.74, 6) is -0.166. The Bertz CT molecular complexity index is 362. The number of nitrogens with two attached hydrogens (primary N) is 1. The monoisotopic (exact) mass is 228 g/mol. The quantitative estimate of drug-likeness (QED) is 0.750. The average Bonchev–Trinajstić information content (AvgIpc) is 2.59. The van der Waals surface area contributed by atoms with Crippen LogP contribution in [0.4, 0.5) is 4.79 Å². The summed E-state index contributed by atoms with van der Waals surface area (Å²) in [4.78, 5) is 23.4. The van der Waals surface area contributed by atoms with Gasteiger partial charge >= 0.3 is 6.09 Å². The molecule has 82 valence electrons. The maximum Gasteiger partial charge on any atom is 0.404 e. The van der Waals surface area contributed by atoms with Gasteiger partial charge in [-0.1, -0.05) is 0 Å². The van der Waals surface area contributed by atoms with Crippen LogP contribution in [0.25, 0.3) is 0 Å². The lowest BCUT2D eigenvalue weighted by Gasteiger charge is -2.03. The van der Waals surface area contributed by atoms with Crippen molar-refractivity contribution in [2.75, 3.05) is 13.2 Å². The van der Waals surface area contributed by atoms with Crippen molar-refractivity contribution in [1.29, 1.82) is 0 Å². The van der Waals surface area contributed by atoms with Crippen molar-refractivity contribution in [2.45, 2.75) is 6.92 Å². The third-order valence-corrected chi connectivity index (χ3v) is 2.60. The number of carbonyl (C=O) groups excluding carboxylic acids is 2. The van der Waals surface area contributed by atoms with Crippen LogP contribution in [0.5, 0.6) is 0 Å². The highest BCUT2D eigenvalue weighted by Crippen LogP contribution is 2.14. The molecule has 1 aromatic heterocycles. The fourth-order valence-electron chi connectivity index (χ4n) is 0.960. The van der Waals surface area contributed by atoms with Gasteiger partial charge in [0.05, 0.1) is 11.4 Å². The summed E-state index contributed by atoms with van der Waals surface area (Å²) in [6.07, 6.45) is -0.837. The van der Waals surface area contributed by atoms with Crippen molar-refractivity contribution in [3.63, 3.8) is 0 Å². The minimum absolute atomic E-state index is 0.0887. The average molecular weight is 228 g/mol. The van der Waals surface area contributed by atoms with E-state index in [2.05, 4.69) is 10.1 Å². The molecule has 2 amide bonds. The fourth-order valence-corrected chi connectivity index (χ4v) is 1.74. The van der Waals surface area contributed by atoms with E-state index in [-0.39, 0.29) is 19.1 Å². The molecule has 1 heterocycles. The number of hydrogen-bond donors (Lipinski definition) is 2. The van der Waals surface area contributed by atoms with E-state index < -0.39 is 6.09 Å².